The van der Waals surface area contributed by atoms with Gasteiger partial charge in [-0.25, -0.2) is 0 Å². The summed E-state index contributed by atoms with van der Waals surface area (Å²) in [6, 6.07) is 2.32. The highest BCUT2D eigenvalue weighted by Gasteiger charge is 2.35. The zero-order valence-corrected chi connectivity index (χ0v) is 12.8. The number of nitrogens with one attached hydrogen (secondary N) is 1. The SMILES string of the molecule is CC(C)C1CN(C2CCCCC2)C(C(C)C)CN1. The normalized spacial score (nSPS) is 32.3. The van der Waals surface area contributed by atoms with Crippen LogP contribution in [0.5, 0.6) is 0 Å². The number of hydrogen-bond donors (Lipinski definition) is 1. The van der Waals surface area contributed by atoms with Crippen molar-refractivity contribution in [2.45, 2.75) is 77.9 Å². The fourth-order valence-electron chi connectivity index (χ4n) is 3.71. The molecule has 2 heteroatoms. The first kappa shape index (κ1) is 14.3. The van der Waals surface area contributed by atoms with Crippen molar-refractivity contribution in [2.24, 2.45) is 11.8 Å². The van der Waals surface area contributed by atoms with E-state index in [1.807, 2.05) is 0 Å². The van der Waals surface area contributed by atoms with E-state index in [0.717, 1.165) is 23.9 Å². The summed E-state index contributed by atoms with van der Waals surface area (Å²) < 4.78 is 0. The van der Waals surface area contributed by atoms with Crippen LogP contribution >= 0.6 is 0 Å². The quantitative estimate of drug-likeness (QED) is 0.829. The van der Waals surface area contributed by atoms with E-state index >= 15 is 0 Å². The Kier molecular flexibility index (Phi) is 5.08. The second-order valence-electron chi connectivity index (χ2n) is 7.06. The van der Waals surface area contributed by atoms with E-state index in [2.05, 4.69) is 37.9 Å². The second-order valence-corrected chi connectivity index (χ2v) is 7.06. The molecule has 1 aliphatic carbocycles. The molecule has 0 aromatic rings. The second kappa shape index (κ2) is 6.38. The number of hydrogen-bond acceptors (Lipinski definition) is 2. The zero-order valence-electron chi connectivity index (χ0n) is 12.8. The summed E-state index contributed by atoms with van der Waals surface area (Å²) in [4.78, 5) is 2.87. The fraction of sp³-hybridized carbons (Fsp3) is 1.00. The third-order valence-electron chi connectivity index (χ3n) is 5.04. The summed E-state index contributed by atoms with van der Waals surface area (Å²) in [5, 5.41) is 3.78. The fourth-order valence-corrected chi connectivity index (χ4v) is 3.71. The van der Waals surface area contributed by atoms with Crippen LogP contribution in [0.15, 0.2) is 0 Å². The van der Waals surface area contributed by atoms with Crippen LogP contribution < -0.4 is 5.32 Å². The molecule has 2 fully saturated rings. The lowest BCUT2D eigenvalue weighted by molar-refractivity contribution is 0.0306. The summed E-state index contributed by atoms with van der Waals surface area (Å²) in [6.45, 7) is 11.9. The Labute approximate surface area is 114 Å². The first-order valence-electron chi connectivity index (χ1n) is 8.08. The molecule has 0 bridgehead atoms. The highest BCUT2D eigenvalue weighted by atomic mass is 15.3. The molecule has 1 N–H and O–H groups in total. The number of rotatable bonds is 3. The number of nitrogens with zero attached hydrogens (tertiary/aromatic N) is 1. The largest absolute Gasteiger partial charge is 0.311 e. The van der Waals surface area contributed by atoms with E-state index in [-0.39, 0.29) is 0 Å². The Hall–Kier alpha value is -0.0800. The molecule has 2 unspecified atom stereocenters. The summed E-state index contributed by atoms with van der Waals surface area (Å²) in [5.74, 6) is 1.52. The van der Waals surface area contributed by atoms with Crippen LogP contribution in [-0.4, -0.2) is 36.1 Å². The van der Waals surface area contributed by atoms with Crippen LogP contribution in [0.25, 0.3) is 0 Å². The van der Waals surface area contributed by atoms with Crippen molar-refractivity contribution in [2.75, 3.05) is 13.1 Å². The van der Waals surface area contributed by atoms with Crippen molar-refractivity contribution < 1.29 is 0 Å². The Morgan fingerprint density at radius 2 is 1.61 bits per heavy atom. The maximum absolute atomic E-state index is 3.78. The smallest absolute Gasteiger partial charge is 0.0247 e. The van der Waals surface area contributed by atoms with E-state index in [1.165, 1.54) is 45.2 Å². The van der Waals surface area contributed by atoms with E-state index in [4.69, 9.17) is 0 Å². The standard InChI is InChI=1S/C16H32N2/c1-12(2)15-11-18(14-8-6-5-7-9-14)16(10-17-15)13(3)4/h12-17H,5-11H2,1-4H3. The minimum Gasteiger partial charge on any atom is -0.311 e. The van der Waals surface area contributed by atoms with Crippen LogP contribution in [0, 0.1) is 11.8 Å². The molecule has 0 radical (unpaired) electrons. The third kappa shape index (κ3) is 3.27. The van der Waals surface area contributed by atoms with Crippen molar-refractivity contribution in [3.8, 4) is 0 Å². The van der Waals surface area contributed by atoms with Gasteiger partial charge >= 0.3 is 0 Å². The van der Waals surface area contributed by atoms with Gasteiger partial charge in [-0.05, 0) is 24.7 Å². The third-order valence-corrected chi connectivity index (χ3v) is 5.04. The lowest BCUT2D eigenvalue weighted by atomic mass is 9.87. The first-order chi connectivity index (χ1) is 8.59. The Morgan fingerprint density at radius 1 is 0.944 bits per heavy atom. The van der Waals surface area contributed by atoms with Crippen molar-refractivity contribution in [1.29, 1.82) is 0 Å². The predicted octanol–water partition coefficient (Wildman–Crippen LogP) is 3.27. The highest BCUT2D eigenvalue weighted by Crippen LogP contribution is 2.28. The van der Waals surface area contributed by atoms with Crippen LogP contribution in [0.4, 0.5) is 0 Å². The molecule has 0 amide bonds. The molecule has 2 aliphatic rings. The lowest BCUT2D eigenvalue weighted by Crippen LogP contribution is -2.62. The maximum atomic E-state index is 3.78. The molecule has 2 nitrogen and oxygen atoms in total. The molecule has 18 heavy (non-hydrogen) atoms. The molecule has 0 aromatic heterocycles. The van der Waals surface area contributed by atoms with Crippen LogP contribution in [0.1, 0.15) is 59.8 Å². The molecule has 1 aliphatic heterocycles. The maximum Gasteiger partial charge on any atom is 0.0247 e. The van der Waals surface area contributed by atoms with Gasteiger partial charge in [-0.1, -0.05) is 47.0 Å². The minimum atomic E-state index is 0.696. The summed E-state index contributed by atoms with van der Waals surface area (Å²) >= 11 is 0. The molecule has 106 valence electrons. The summed E-state index contributed by atoms with van der Waals surface area (Å²) in [6.07, 6.45) is 7.24. The van der Waals surface area contributed by atoms with Crippen molar-refractivity contribution in [3.05, 3.63) is 0 Å². The Balaban J connectivity index is 2.03. The molecular formula is C16H32N2. The first-order valence-corrected chi connectivity index (χ1v) is 8.08. The lowest BCUT2D eigenvalue weighted by Gasteiger charge is -2.48. The van der Waals surface area contributed by atoms with Gasteiger partial charge < -0.3 is 5.32 Å². The van der Waals surface area contributed by atoms with Crippen LogP contribution in [0.2, 0.25) is 0 Å². The highest BCUT2D eigenvalue weighted by molar-refractivity contribution is 4.93. The Morgan fingerprint density at radius 3 is 2.17 bits per heavy atom. The van der Waals surface area contributed by atoms with Gasteiger partial charge in [-0.2, -0.15) is 0 Å². The molecule has 0 aromatic carbocycles. The molecule has 1 saturated carbocycles. The molecule has 2 rings (SSSR count). The van der Waals surface area contributed by atoms with Gasteiger partial charge in [0.2, 0.25) is 0 Å². The average molecular weight is 252 g/mol. The van der Waals surface area contributed by atoms with Gasteiger partial charge in [0.25, 0.3) is 0 Å². The topological polar surface area (TPSA) is 15.3 Å². The number of piperazine rings is 1. The van der Waals surface area contributed by atoms with E-state index in [9.17, 15) is 0 Å². The van der Waals surface area contributed by atoms with Gasteiger partial charge in [0.15, 0.2) is 0 Å². The van der Waals surface area contributed by atoms with E-state index < -0.39 is 0 Å². The van der Waals surface area contributed by atoms with Crippen molar-refractivity contribution >= 4 is 0 Å². The van der Waals surface area contributed by atoms with Gasteiger partial charge in [0, 0.05) is 31.2 Å². The van der Waals surface area contributed by atoms with Crippen LogP contribution in [-0.2, 0) is 0 Å². The molecular weight excluding hydrogens is 220 g/mol. The predicted molar refractivity (Wildman–Crippen MR) is 78.8 cm³/mol. The van der Waals surface area contributed by atoms with Gasteiger partial charge in [-0.3, -0.25) is 4.90 Å². The monoisotopic (exact) mass is 252 g/mol. The summed E-state index contributed by atoms with van der Waals surface area (Å²) in [5.41, 5.74) is 0. The van der Waals surface area contributed by atoms with Gasteiger partial charge in [0.1, 0.15) is 0 Å². The minimum absolute atomic E-state index is 0.696. The zero-order chi connectivity index (χ0) is 13.1. The van der Waals surface area contributed by atoms with Crippen molar-refractivity contribution in [1.82, 2.24) is 10.2 Å². The van der Waals surface area contributed by atoms with Crippen molar-refractivity contribution in [3.63, 3.8) is 0 Å². The van der Waals surface area contributed by atoms with E-state index in [1.54, 1.807) is 0 Å². The van der Waals surface area contributed by atoms with Gasteiger partial charge in [-0.15, -0.1) is 0 Å². The molecule has 0 spiro atoms. The van der Waals surface area contributed by atoms with E-state index in [0.29, 0.717) is 6.04 Å². The summed E-state index contributed by atoms with van der Waals surface area (Å²) in [7, 11) is 0. The Bertz CT molecular complexity index is 243. The molecule has 2 atom stereocenters. The van der Waals surface area contributed by atoms with Crippen LogP contribution in [0.3, 0.4) is 0 Å². The molecule has 1 heterocycles. The molecule has 1 saturated heterocycles. The average Bonchev–Trinajstić information content (AvgIpc) is 2.39. The van der Waals surface area contributed by atoms with Gasteiger partial charge in [0.05, 0.1) is 0 Å².